The maximum absolute atomic E-state index is 10.8. The summed E-state index contributed by atoms with van der Waals surface area (Å²) in [5.74, 6) is 0.815. The van der Waals surface area contributed by atoms with Gasteiger partial charge in [0, 0.05) is 19.6 Å². The van der Waals surface area contributed by atoms with Crippen LogP contribution < -0.4 is 0 Å². The van der Waals surface area contributed by atoms with Gasteiger partial charge in [-0.15, -0.1) is 0 Å². The molecule has 116 valence electrons. The van der Waals surface area contributed by atoms with Crippen molar-refractivity contribution in [1.29, 1.82) is 0 Å². The molecule has 0 amide bonds. The Balaban J connectivity index is 1.65. The third-order valence-corrected chi connectivity index (χ3v) is 5.74. The molecule has 2 saturated heterocycles. The molecule has 0 aromatic heterocycles. The predicted octanol–water partition coefficient (Wildman–Crippen LogP) is 1.87. The Kier molecular flexibility index (Phi) is 4.10. The summed E-state index contributed by atoms with van der Waals surface area (Å²) < 4.78 is 11.4. The lowest BCUT2D eigenvalue weighted by Crippen LogP contribution is -2.53. The van der Waals surface area contributed by atoms with Gasteiger partial charge in [-0.1, -0.05) is 6.92 Å². The Morgan fingerprint density at radius 1 is 1.10 bits per heavy atom. The Bertz CT molecular complexity index is 329. The van der Waals surface area contributed by atoms with E-state index in [9.17, 15) is 10.2 Å². The summed E-state index contributed by atoms with van der Waals surface area (Å²) in [5, 5.41) is 21.6. The van der Waals surface area contributed by atoms with Gasteiger partial charge in [0.2, 0.25) is 0 Å². The van der Waals surface area contributed by atoms with Crippen molar-refractivity contribution in [2.24, 2.45) is 11.8 Å². The molecule has 0 bridgehead atoms. The van der Waals surface area contributed by atoms with E-state index in [1.54, 1.807) is 0 Å². The number of aliphatic hydroxyl groups excluding tert-OH is 1. The molecule has 0 aromatic rings. The quantitative estimate of drug-likeness (QED) is 0.813. The second-order valence-corrected chi connectivity index (χ2v) is 7.32. The summed E-state index contributed by atoms with van der Waals surface area (Å²) in [5.41, 5.74) is -1.07. The van der Waals surface area contributed by atoms with Gasteiger partial charge in [0.25, 0.3) is 0 Å². The monoisotopic (exact) mass is 284 g/mol. The standard InChI is InChI=1S/C16H28O4/c1-12-2-5-16(18,6-3-12)14(17)13-4-8-20-15(10-13)7-9-19-11-15/h12-14,17-18H,2-11H2,1H3. The third kappa shape index (κ3) is 2.76. The molecule has 0 aromatic carbocycles. The highest BCUT2D eigenvalue weighted by Crippen LogP contribution is 2.43. The van der Waals surface area contributed by atoms with Crippen molar-refractivity contribution >= 4 is 0 Å². The highest BCUT2D eigenvalue weighted by atomic mass is 16.6. The molecule has 3 unspecified atom stereocenters. The summed E-state index contributed by atoms with van der Waals surface area (Å²) in [6.07, 6.45) is 5.48. The van der Waals surface area contributed by atoms with E-state index in [0.29, 0.717) is 19.1 Å². The molecule has 3 fully saturated rings. The van der Waals surface area contributed by atoms with E-state index in [0.717, 1.165) is 51.6 Å². The van der Waals surface area contributed by atoms with Crippen molar-refractivity contribution in [1.82, 2.24) is 0 Å². The maximum Gasteiger partial charge on any atom is 0.0940 e. The smallest absolute Gasteiger partial charge is 0.0940 e. The Labute approximate surface area is 121 Å². The average molecular weight is 284 g/mol. The van der Waals surface area contributed by atoms with Gasteiger partial charge < -0.3 is 19.7 Å². The lowest BCUT2D eigenvalue weighted by molar-refractivity contribution is -0.168. The Morgan fingerprint density at radius 3 is 2.50 bits per heavy atom. The number of hydrogen-bond donors (Lipinski definition) is 2. The largest absolute Gasteiger partial charge is 0.390 e. The van der Waals surface area contributed by atoms with Crippen molar-refractivity contribution in [3.05, 3.63) is 0 Å². The SMILES string of the molecule is CC1CCC(O)(C(O)C2CCOC3(CCOC3)C2)CC1. The number of aliphatic hydroxyl groups is 2. The van der Waals surface area contributed by atoms with Gasteiger partial charge in [0.05, 0.1) is 23.9 Å². The van der Waals surface area contributed by atoms with Gasteiger partial charge in [-0.05, 0) is 50.4 Å². The molecule has 4 nitrogen and oxygen atoms in total. The second kappa shape index (κ2) is 5.56. The molecule has 2 aliphatic heterocycles. The van der Waals surface area contributed by atoms with Crippen LogP contribution in [0.4, 0.5) is 0 Å². The van der Waals surface area contributed by atoms with E-state index < -0.39 is 11.7 Å². The van der Waals surface area contributed by atoms with Crippen LogP contribution in [0.15, 0.2) is 0 Å². The summed E-state index contributed by atoms with van der Waals surface area (Å²) in [6, 6.07) is 0. The lowest BCUT2D eigenvalue weighted by Gasteiger charge is -2.45. The van der Waals surface area contributed by atoms with Crippen LogP contribution in [0.1, 0.15) is 51.9 Å². The minimum Gasteiger partial charge on any atom is -0.390 e. The van der Waals surface area contributed by atoms with Gasteiger partial charge in [0.1, 0.15) is 0 Å². The van der Waals surface area contributed by atoms with Crippen molar-refractivity contribution in [3.63, 3.8) is 0 Å². The summed E-state index contributed by atoms with van der Waals surface area (Å²) >= 11 is 0. The fourth-order valence-corrected chi connectivity index (χ4v) is 4.19. The molecule has 1 saturated carbocycles. The van der Waals surface area contributed by atoms with Crippen LogP contribution in [0.5, 0.6) is 0 Å². The van der Waals surface area contributed by atoms with E-state index in [1.165, 1.54) is 0 Å². The molecule has 3 aliphatic rings. The molecule has 4 heteroatoms. The van der Waals surface area contributed by atoms with Crippen LogP contribution in [-0.4, -0.2) is 47.3 Å². The van der Waals surface area contributed by atoms with E-state index >= 15 is 0 Å². The van der Waals surface area contributed by atoms with Gasteiger partial charge in [-0.2, -0.15) is 0 Å². The fourth-order valence-electron chi connectivity index (χ4n) is 4.19. The minimum atomic E-state index is -0.880. The third-order valence-electron chi connectivity index (χ3n) is 5.74. The van der Waals surface area contributed by atoms with E-state index in [4.69, 9.17) is 9.47 Å². The number of ether oxygens (including phenoxy) is 2. The van der Waals surface area contributed by atoms with Crippen LogP contribution in [0, 0.1) is 11.8 Å². The number of hydrogen-bond acceptors (Lipinski definition) is 4. The first-order valence-electron chi connectivity index (χ1n) is 8.15. The zero-order valence-corrected chi connectivity index (χ0v) is 12.5. The fraction of sp³-hybridized carbons (Fsp3) is 1.00. The van der Waals surface area contributed by atoms with Gasteiger partial charge in [-0.3, -0.25) is 0 Å². The van der Waals surface area contributed by atoms with Crippen LogP contribution in [-0.2, 0) is 9.47 Å². The second-order valence-electron chi connectivity index (χ2n) is 7.32. The summed E-state index contributed by atoms with van der Waals surface area (Å²) in [4.78, 5) is 0. The van der Waals surface area contributed by atoms with Crippen LogP contribution in [0.2, 0.25) is 0 Å². The Morgan fingerprint density at radius 2 is 1.85 bits per heavy atom. The zero-order chi connectivity index (χ0) is 14.2. The van der Waals surface area contributed by atoms with E-state index in [1.807, 2.05) is 0 Å². The van der Waals surface area contributed by atoms with Crippen LogP contribution >= 0.6 is 0 Å². The van der Waals surface area contributed by atoms with Crippen LogP contribution in [0.25, 0.3) is 0 Å². The molecule has 1 spiro atoms. The molecule has 1 aliphatic carbocycles. The lowest BCUT2D eigenvalue weighted by atomic mass is 9.70. The van der Waals surface area contributed by atoms with Crippen molar-refractivity contribution in [2.45, 2.75) is 69.2 Å². The van der Waals surface area contributed by atoms with Crippen LogP contribution in [0.3, 0.4) is 0 Å². The van der Waals surface area contributed by atoms with Crippen molar-refractivity contribution < 1.29 is 19.7 Å². The molecule has 2 heterocycles. The first-order chi connectivity index (χ1) is 9.53. The summed E-state index contributed by atoms with van der Waals surface area (Å²) in [6.45, 7) is 4.30. The Hall–Kier alpha value is -0.160. The zero-order valence-electron chi connectivity index (χ0n) is 12.5. The molecule has 0 radical (unpaired) electrons. The van der Waals surface area contributed by atoms with Gasteiger partial charge >= 0.3 is 0 Å². The molecule has 3 atom stereocenters. The minimum absolute atomic E-state index is 0.142. The molecular weight excluding hydrogens is 256 g/mol. The molecule has 2 N–H and O–H groups in total. The van der Waals surface area contributed by atoms with Gasteiger partial charge in [0.15, 0.2) is 0 Å². The van der Waals surface area contributed by atoms with Crippen molar-refractivity contribution in [3.8, 4) is 0 Å². The highest BCUT2D eigenvalue weighted by Gasteiger charge is 2.48. The summed E-state index contributed by atoms with van der Waals surface area (Å²) in [7, 11) is 0. The average Bonchev–Trinajstić information content (AvgIpc) is 2.89. The van der Waals surface area contributed by atoms with Gasteiger partial charge in [-0.25, -0.2) is 0 Å². The normalized spacial score (nSPS) is 47.5. The number of rotatable bonds is 2. The van der Waals surface area contributed by atoms with E-state index in [-0.39, 0.29) is 11.5 Å². The molecular formula is C16H28O4. The predicted molar refractivity (Wildman–Crippen MR) is 75.4 cm³/mol. The maximum atomic E-state index is 10.8. The first-order valence-corrected chi connectivity index (χ1v) is 8.15. The van der Waals surface area contributed by atoms with E-state index in [2.05, 4.69) is 6.92 Å². The highest BCUT2D eigenvalue weighted by molar-refractivity contribution is 4.99. The molecule has 20 heavy (non-hydrogen) atoms. The topological polar surface area (TPSA) is 58.9 Å². The van der Waals surface area contributed by atoms with Crippen molar-refractivity contribution in [2.75, 3.05) is 19.8 Å². The molecule has 3 rings (SSSR count). The first kappa shape index (κ1) is 14.8.